The molecule has 2 rings (SSSR count). The van der Waals surface area contributed by atoms with Gasteiger partial charge in [0.2, 0.25) is 0 Å². The van der Waals surface area contributed by atoms with E-state index in [9.17, 15) is 9.59 Å². The van der Waals surface area contributed by atoms with Crippen LogP contribution in [0.5, 0.6) is 5.75 Å². The number of methoxy groups -OCH3 is 1. The molecule has 2 aromatic rings. The van der Waals surface area contributed by atoms with Crippen LogP contribution < -0.4 is 15.4 Å². The molecule has 0 heterocycles. The molecule has 0 fully saturated rings. The van der Waals surface area contributed by atoms with Crippen molar-refractivity contribution in [2.45, 2.75) is 6.54 Å². The number of rotatable bonds is 4. The molecule has 114 valence electrons. The summed E-state index contributed by atoms with van der Waals surface area (Å²) >= 11 is 5.85. The summed E-state index contributed by atoms with van der Waals surface area (Å²) in [5, 5.41) is 5.62. The van der Waals surface area contributed by atoms with Crippen LogP contribution >= 0.6 is 11.6 Å². The quantitative estimate of drug-likeness (QED) is 0.852. The zero-order valence-electron chi connectivity index (χ0n) is 11.9. The lowest BCUT2D eigenvalue weighted by Crippen LogP contribution is -2.34. The standard InChI is InChI=1S/C16H15ClN2O3/c1-22-14-7-3-6-13(9-14)19-16(21)15(20)18-10-11-4-2-5-12(17)8-11/h2-9H,10H2,1H3,(H,18,20)(H,19,21). The molecule has 22 heavy (non-hydrogen) atoms. The number of hydrogen-bond donors (Lipinski definition) is 2. The third-order valence-electron chi connectivity index (χ3n) is 2.88. The molecule has 0 aromatic heterocycles. The summed E-state index contributed by atoms with van der Waals surface area (Å²) in [5.41, 5.74) is 1.30. The van der Waals surface area contributed by atoms with Gasteiger partial charge in [-0.15, -0.1) is 0 Å². The Morgan fingerprint density at radius 2 is 1.86 bits per heavy atom. The number of hydrogen-bond acceptors (Lipinski definition) is 3. The molecule has 0 spiro atoms. The molecule has 0 atom stereocenters. The monoisotopic (exact) mass is 318 g/mol. The lowest BCUT2D eigenvalue weighted by atomic mass is 10.2. The fourth-order valence-electron chi connectivity index (χ4n) is 1.80. The highest BCUT2D eigenvalue weighted by Gasteiger charge is 2.13. The van der Waals surface area contributed by atoms with Crippen molar-refractivity contribution in [2.75, 3.05) is 12.4 Å². The smallest absolute Gasteiger partial charge is 0.313 e. The van der Waals surface area contributed by atoms with Crippen LogP contribution in [-0.4, -0.2) is 18.9 Å². The van der Waals surface area contributed by atoms with Gasteiger partial charge in [-0.3, -0.25) is 9.59 Å². The van der Waals surface area contributed by atoms with Gasteiger partial charge in [0.15, 0.2) is 0 Å². The Kier molecular flexibility index (Phi) is 5.38. The minimum absolute atomic E-state index is 0.227. The number of carbonyl (C=O) groups excluding carboxylic acids is 2. The fourth-order valence-corrected chi connectivity index (χ4v) is 2.01. The van der Waals surface area contributed by atoms with Crippen LogP contribution in [0.1, 0.15) is 5.56 Å². The topological polar surface area (TPSA) is 67.4 Å². The van der Waals surface area contributed by atoms with E-state index in [4.69, 9.17) is 16.3 Å². The van der Waals surface area contributed by atoms with Gasteiger partial charge in [-0.1, -0.05) is 29.8 Å². The Labute approximate surface area is 133 Å². The molecular formula is C16H15ClN2O3. The molecule has 6 heteroatoms. The highest BCUT2D eigenvalue weighted by Crippen LogP contribution is 2.16. The van der Waals surface area contributed by atoms with Crippen molar-refractivity contribution in [3.8, 4) is 5.75 Å². The van der Waals surface area contributed by atoms with Gasteiger partial charge in [0.05, 0.1) is 7.11 Å². The maximum atomic E-state index is 11.8. The van der Waals surface area contributed by atoms with E-state index in [0.717, 1.165) is 5.56 Å². The predicted octanol–water partition coefficient (Wildman–Crippen LogP) is 2.60. The van der Waals surface area contributed by atoms with Crippen LogP contribution in [0.3, 0.4) is 0 Å². The molecule has 0 aliphatic carbocycles. The van der Waals surface area contributed by atoms with E-state index in [2.05, 4.69) is 10.6 Å². The van der Waals surface area contributed by atoms with Crippen LogP contribution in [-0.2, 0) is 16.1 Å². The summed E-state index contributed by atoms with van der Waals surface area (Å²) in [5.74, 6) is -0.866. The SMILES string of the molecule is COc1cccc(NC(=O)C(=O)NCc2cccc(Cl)c2)c1. The minimum atomic E-state index is -0.740. The Bertz CT molecular complexity index is 689. The van der Waals surface area contributed by atoms with Gasteiger partial charge in [-0.05, 0) is 29.8 Å². The van der Waals surface area contributed by atoms with Crippen LogP contribution in [0.25, 0.3) is 0 Å². The third kappa shape index (κ3) is 4.49. The van der Waals surface area contributed by atoms with Gasteiger partial charge < -0.3 is 15.4 Å². The lowest BCUT2D eigenvalue weighted by Gasteiger charge is -2.08. The molecule has 2 amide bonds. The third-order valence-corrected chi connectivity index (χ3v) is 3.11. The number of halogens is 1. The maximum Gasteiger partial charge on any atom is 0.313 e. The second kappa shape index (κ2) is 7.47. The number of anilines is 1. The Morgan fingerprint density at radius 1 is 1.09 bits per heavy atom. The summed E-state index contributed by atoms with van der Waals surface area (Å²) in [4.78, 5) is 23.6. The number of benzene rings is 2. The van der Waals surface area contributed by atoms with Gasteiger partial charge in [-0.2, -0.15) is 0 Å². The summed E-state index contributed by atoms with van der Waals surface area (Å²) in [7, 11) is 1.53. The van der Waals surface area contributed by atoms with Crippen molar-refractivity contribution < 1.29 is 14.3 Å². The van der Waals surface area contributed by atoms with E-state index in [1.54, 1.807) is 42.5 Å². The van der Waals surface area contributed by atoms with E-state index < -0.39 is 11.8 Å². The molecule has 0 saturated heterocycles. The summed E-state index contributed by atoms with van der Waals surface area (Å²) in [6.07, 6.45) is 0. The zero-order valence-corrected chi connectivity index (χ0v) is 12.7. The van der Waals surface area contributed by atoms with Crippen molar-refractivity contribution in [1.82, 2.24) is 5.32 Å². The van der Waals surface area contributed by atoms with E-state index >= 15 is 0 Å². The first-order chi connectivity index (χ1) is 10.6. The second-order valence-electron chi connectivity index (χ2n) is 4.50. The van der Waals surface area contributed by atoms with Crippen LogP contribution in [0, 0.1) is 0 Å². The summed E-state index contributed by atoms with van der Waals surface area (Å²) in [6.45, 7) is 0.227. The Balaban J connectivity index is 1.90. The molecule has 0 saturated carbocycles. The summed E-state index contributed by atoms with van der Waals surface area (Å²) < 4.78 is 5.05. The first-order valence-corrected chi connectivity index (χ1v) is 6.94. The zero-order chi connectivity index (χ0) is 15.9. The number of amides is 2. The number of carbonyl (C=O) groups is 2. The largest absolute Gasteiger partial charge is 0.497 e. The molecule has 0 radical (unpaired) electrons. The van der Waals surface area contributed by atoms with Crippen molar-refractivity contribution in [3.63, 3.8) is 0 Å². The van der Waals surface area contributed by atoms with Crippen LogP contribution in [0.4, 0.5) is 5.69 Å². The first-order valence-electron chi connectivity index (χ1n) is 6.56. The highest BCUT2D eigenvalue weighted by atomic mass is 35.5. The average Bonchev–Trinajstić information content (AvgIpc) is 2.52. The molecule has 5 nitrogen and oxygen atoms in total. The molecular weight excluding hydrogens is 304 g/mol. The minimum Gasteiger partial charge on any atom is -0.497 e. The van der Waals surface area contributed by atoms with E-state index in [1.165, 1.54) is 7.11 Å². The maximum absolute atomic E-state index is 11.8. The fraction of sp³-hybridized carbons (Fsp3) is 0.125. The second-order valence-corrected chi connectivity index (χ2v) is 4.94. The molecule has 0 aliphatic rings. The van der Waals surface area contributed by atoms with Gasteiger partial charge in [0.25, 0.3) is 0 Å². The van der Waals surface area contributed by atoms with Gasteiger partial charge >= 0.3 is 11.8 Å². The highest BCUT2D eigenvalue weighted by molar-refractivity contribution is 6.39. The summed E-state index contributed by atoms with van der Waals surface area (Å²) in [6, 6.07) is 13.8. The van der Waals surface area contributed by atoms with E-state index in [0.29, 0.717) is 16.5 Å². The number of ether oxygens (including phenoxy) is 1. The van der Waals surface area contributed by atoms with Crippen LogP contribution in [0.15, 0.2) is 48.5 Å². The number of nitrogens with one attached hydrogen (secondary N) is 2. The first kappa shape index (κ1) is 15.9. The Morgan fingerprint density at radius 3 is 2.59 bits per heavy atom. The lowest BCUT2D eigenvalue weighted by molar-refractivity contribution is -0.136. The Hall–Kier alpha value is -2.53. The van der Waals surface area contributed by atoms with E-state index in [1.807, 2.05) is 6.07 Å². The normalized spacial score (nSPS) is 9.91. The van der Waals surface area contributed by atoms with E-state index in [-0.39, 0.29) is 6.54 Å². The molecule has 2 aromatic carbocycles. The van der Waals surface area contributed by atoms with Crippen molar-refractivity contribution in [3.05, 3.63) is 59.1 Å². The molecule has 0 unspecified atom stereocenters. The average molecular weight is 319 g/mol. The molecule has 2 N–H and O–H groups in total. The van der Waals surface area contributed by atoms with Crippen molar-refractivity contribution in [1.29, 1.82) is 0 Å². The van der Waals surface area contributed by atoms with Crippen LogP contribution in [0.2, 0.25) is 5.02 Å². The molecule has 0 aliphatic heterocycles. The van der Waals surface area contributed by atoms with Crippen molar-refractivity contribution in [2.24, 2.45) is 0 Å². The van der Waals surface area contributed by atoms with Gasteiger partial charge in [-0.25, -0.2) is 0 Å². The van der Waals surface area contributed by atoms with Gasteiger partial charge in [0, 0.05) is 23.3 Å². The predicted molar refractivity (Wildman–Crippen MR) is 84.9 cm³/mol. The molecule has 0 bridgehead atoms. The van der Waals surface area contributed by atoms with Crippen molar-refractivity contribution >= 4 is 29.1 Å². The van der Waals surface area contributed by atoms with Gasteiger partial charge in [0.1, 0.15) is 5.75 Å².